The van der Waals surface area contributed by atoms with Crippen LogP contribution in [0, 0.1) is 0 Å². The first-order valence-electron chi connectivity index (χ1n) is 6.07. The van der Waals surface area contributed by atoms with E-state index in [2.05, 4.69) is 31.2 Å². The predicted octanol–water partition coefficient (Wildman–Crippen LogP) is 1.78. The molecule has 2 N–H and O–H groups in total. The van der Waals surface area contributed by atoms with Crippen molar-refractivity contribution in [2.75, 3.05) is 7.11 Å². The molecule has 0 aliphatic heterocycles. The Balaban J connectivity index is 2.23. The van der Waals surface area contributed by atoms with Gasteiger partial charge in [-0.2, -0.15) is 0 Å². The van der Waals surface area contributed by atoms with Crippen molar-refractivity contribution >= 4 is 5.97 Å². The van der Waals surface area contributed by atoms with Crippen LogP contribution in [-0.2, 0) is 21.4 Å². The number of ether oxygens (including phenoxy) is 1. The first kappa shape index (κ1) is 12.1. The van der Waals surface area contributed by atoms with E-state index in [0.717, 1.165) is 24.8 Å². The van der Waals surface area contributed by atoms with Gasteiger partial charge in [0, 0.05) is 5.41 Å². The van der Waals surface area contributed by atoms with Crippen LogP contribution in [0.25, 0.3) is 0 Å². The van der Waals surface area contributed by atoms with Gasteiger partial charge in [-0.3, -0.25) is 4.79 Å². The molecule has 0 spiro atoms. The summed E-state index contributed by atoms with van der Waals surface area (Å²) in [5.74, 6) is -0.318. The molecule has 0 heterocycles. The summed E-state index contributed by atoms with van der Waals surface area (Å²) in [6, 6.07) is 7.86. The maximum absolute atomic E-state index is 11.5. The van der Waals surface area contributed by atoms with E-state index in [1.807, 2.05) is 0 Å². The highest BCUT2D eigenvalue weighted by Gasteiger charge is 2.52. The Morgan fingerprint density at radius 2 is 2.00 bits per heavy atom. The fourth-order valence-electron chi connectivity index (χ4n) is 2.34. The lowest BCUT2D eigenvalue weighted by Gasteiger charge is -2.21. The molecule has 92 valence electrons. The van der Waals surface area contributed by atoms with Crippen LogP contribution in [0.4, 0.5) is 0 Å². The van der Waals surface area contributed by atoms with E-state index in [9.17, 15) is 4.79 Å². The molecule has 0 aromatic heterocycles. The predicted molar refractivity (Wildman–Crippen MR) is 66.7 cm³/mol. The summed E-state index contributed by atoms with van der Waals surface area (Å²) in [4.78, 5) is 11.5. The zero-order chi connectivity index (χ0) is 12.5. The third kappa shape index (κ3) is 2.07. The van der Waals surface area contributed by atoms with Crippen molar-refractivity contribution in [1.82, 2.24) is 0 Å². The lowest BCUT2D eigenvalue weighted by atomic mass is 9.88. The Hall–Kier alpha value is -1.35. The molecule has 0 bridgehead atoms. The molecule has 17 heavy (non-hydrogen) atoms. The number of rotatable bonds is 4. The lowest BCUT2D eigenvalue weighted by Crippen LogP contribution is -2.42. The molecule has 0 radical (unpaired) electrons. The molecule has 1 aliphatic rings. The number of aryl methyl sites for hydroxylation is 1. The lowest BCUT2D eigenvalue weighted by molar-refractivity contribution is -0.143. The van der Waals surface area contributed by atoms with Crippen molar-refractivity contribution in [1.29, 1.82) is 0 Å². The number of nitrogens with two attached hydrogens (primary N) is 1. The van der Waals surface area contributed by atoms with Gasteiger partial charge in [0.2, 0.25) is 0 Å². The van der Waals surface area contributed by atoms with Crippen molar-refractivity contribution in [3.63, 3.8) is 0 Å². The van der Waals surface area contributed by atoms with Crippen molar-refractivity contribution in [3.05, 3.63) is 35.4 Å². The fourth-order valence-corrected chi connectivity index (χ4v) is 2.34. The van der Waals surface area contributed by atoms with Gasteiger partial charge in [-0.15, -0.1) is 0 Å². The zero-order valence-corrected chi connectivity index (χ0v) is 10.4. The number of esters is 1. The molecule has 3 heteroatoms. The maximum atomic E-state index is 11.5. The number of benzene rings is 1. The summed E-state index contributed by atoms with van der Waals surface area (Å²) < 4.78 is 4.74. The number of carbonyl (C=O) groups is 1. The Labute approximate surface area is 102 Å². The third-order valence-corrected chi connectivity index (χ3v) is 3.78. The molecule has 3 nitrogen and oxygen atoms in total. The van der Waals surface area contributed by atoms with Crippen LogP contribution in [0.15, 0.2) is 24.3 Å². The average Bonchev–Trinajstić information content (AvgIpc) is 3.18. The second-order valence-electron chi connectivity index (χ2n) is 4.71. The van der Waals surface area contributed by atoms with Crippen molar-refractivity contribution in [3.8, 4) is 0 Å². The second-order valence-corrected chi connectivity index (χ2v) is 4.71. The molecule has 1 aromatic rings. The van der Waals surface area contributed by atoms with E-state index >= 15 is 0 Å². The molecule has 1 aromatic carbocycles. The standard InChI is InChI=1S/C14H19NO2/c1-3-10-4-6-11(7-5-10)14(8-9-14)12(15)13(16)17-2/h4-7,12H,3,8-9,15H2,1-2H3. The maximum Gasteiger partial charge on any atom is 0.323 e. The molecule has 1 fully saturated rings. The van der Waals surface area contributed by atoms with Gasteiger partial charge in [-0.25, -0.2) is 0 Å². The van der Waals surface area contributed by atoms with Gasteiger partial charge < -0.3 is 10.5 Å². The molecule has 2 rings (SSSR count). The average molecular weight is 233 g/mol. The second kappa shape index (κ2) is 4.49. The van der Waals surface area contributed by atoms with Gasteiger partial charge in [0.25, 0.3) is 0 Å². The van der Waals surface area contributed by atoms with Gasteiger partial charge in [0.1, 0.15) is 6.04 Å². The number of carbonyl (C=O) groups excluding carboxylic acids is 1. The molecule has 1 atom stereocenters. The Morgan fingerprint density at radius 3 is 2.41 bits per heavy atom. The minimum Gasteiger partial charge on any atom is -0.468 e. The van der Waals surface area contributed by atoms with Crippen LogP contribution in [0.1, 0.15) is 30.9 Å². The van der Waals surface area contributed by atoms with Gasteiger partial charge in [0.15, 0.2) is 0 Å². The highest BCUT2D eigenvalue weighted by Crippen LogP contribution is 2.50. The first-order chi connectivity index (χ1) is 8.14. The summed E-state index contributed by atoms with van der Waals surface area (Å²) in [5.41, 5.74) is 8.28. The molecule has 0 amide bonds. The van der Waals surface area contributed by atoms with Gasteiger partial charge in [-0.1, -0.05) is 31.2 Å². The van der Waals surface area contributed by atoms with E-state index < -0.39 is 6.04 Å². The minimum atomic E-state index is -0.542. The van der Waals surface area contributed by atoms with Crippen LogP contribution < -0.4 is 5.73 Å². The van der Waals surface area contributed by atoms with Crippen LogP contribution in [0.2, 0.25) is 0 Å². The van der Waals surface area contributed by atoms with Crippen LogP contribution in [0.3, 0.4) is 0 Å². The Bertz CT molecular complexity index is 407. The highest BCUT2D eigenvalue weighted by atomic mass is 16.5. The van der Waals surface area contributed by atoms with Crippen molar-refractivity contribution < 1.29 is 9.53 Å². The van der Waals surface area contributed by atoms with Crippen LogP contribution in [0.5, 0.6) is 0 Å². The first-order valence-corrected chi connectivity index (χ1v) is 6.07. The topological polar surface area (TPSA) is 52.3 Å². The van der Waals surface area contributed by atoms with Gasteiger partial charge in [-0.05, 0) is 30.4 Å². The van der Waals surface area contributed by atoms with E-state index in [-0.39, 0.29) is 11.4 Å². The summed E-state index contributed by atoms with van der Waals surface area (Å²) >= 11 is 0. The Morgan fingerprint density at radius 1 is 1.41 bits per heavy atom. The monoisotopic (exact) mass is 233 g/mol. The molecule has 1 unspecified atom stereocenters. The minimum absolute atomic E-state index is 0.181. The summed E-state index contributed by atoms with van der Waals surface area (Å²) in [5, 5.41) is 0. The largest absolute Gasteiger partial charge is 0.468 e. The fraction of sp³-hybridized carbons (Fsp3) is 0.500. The van der Waals surface area contributed by atoms with E-state index in [0.29, 0.717) is 0 Å². The van der Waals surface area contributed by atoms with Crippen LogP contribution >= 0.6 is 0 Å². The number of methoxy groups -OCH3 is 1. The van der Waals surface area contributed by atoms with Crippen molar-refractivity contribution in [2.24, 2.45) is 5.73 Å². The number of hydrogen-bond acceptors (Lipinski definition) is 3. The number of hydrogen-bond donors (Lipinski definition) is 1. The highest BCUT2D eigenvalue weighted by molar-refractivity contribution is 5.78. The smallest absolute Gasteiger partial charge is 0.323 e. The van der Waals surface area contributed by atoms with Crippen molar-refractivity contribution in [2.45, 2.75) is 37.6 Å². The summed E-state index contributed by atoms with van der Waals surface area (Å²) in [6.45, 7) is 2.13. The zero-order valence-electron chi connectivity index (χ0n) is 10.4. The SMILES string of the molecule is CCc1ccc(C2(C(N)C(=O)OC)CC2)cc1. The summed E-state index contributed by atoms with van der Waals surface area (Å²) in [6.07, 6.45) is 2.96. The summed E-state index contributed by atoms with van der Waals surface area (Å²) in [7, 11) is 1.39. The quantitative estimate of drug-likeness (QED) is 0.806. The molecule has 0 saturated heterocycles. The Kier molecular flexibility index (Phi) is 3.20. The van der Waals surface area contributed by atoms with Gasteiger partial charge in [0.05, 0.1) is 7.11 Å². The normalized spacial score (nSPS) is 18.5. The molecular weight excluding hydrogens is 214 g/mol. The molecule has 1 aliphatic carbocycles. The van der Waals surface area contributed by atoms with E-state index in [1.165, 1.54) is 12.7 Å². The third-order valence-electron chi connectivity index (χ3n) is 3.78. The van der Waals surface area contributed by atoms with E-state index in [4.69, 9.17) is 10.5 Å². The van der Waals surface area contributed by atoms with Crippen LogP contribution in [-0.4, -0.2) is 19.1 Å². The van der Waals surface area contributed by atoms with Gasteiger partial charge >= 0.3 is 5.97 Å². The molecule has 1 saturated carbocycles. The molecular formula is C14H19NO2. The van der Waals surface area contributed by atoms with E-state index in [1.54, 1.807) is 0 Å².